The van der Waals surface area contributed by atoms with Crippen LogP contribution in [0.5, 0.6) is 0 Å². The van der Waals surface area contributed by atoms with E-state index in [4.69, 9.17) is 9.47 Å². The highest BCUT2D eigenvalue weighted by molar-refractivity contribution is 9.10. The number of epoxide rings is 1. The van der Waals surface area contributed by atoms with Crippen LogP contribution in [-0.4, -0.2) is 24.3 Å². The number of carbonyl (C=O) groups excluding carboxylic acids is 1. The predicted molar refractivity (Wildman–Crippen MR) is 79.6 cm³/mol. The van der Waals surface area contributed by atoms with E-state index in [-0.39, 0.29) is 24.3 Å². The summed E-state index contributed by atoms with van der Waals surface area (Å²) in [7, 11) is 0. The van der Waals surface area contributed by atoms with Crippen molar-refractivity contribution in [1.82, 2.24) is 0 Å². The lowest BCUT2D eigenvalue weighted by Crippen LogP contribution is -2.25. The third kappa shape index (κ3) is 3.30. The van der Waals surface area contributed by atoms with Crippen molar-refractivity contribution in [2.24, 2.45) is 0 Å². The molecule has 0 saturated carbocycles. The molecule has 0 radical (unpaired) electrons. The van der Waals surface area contributed by atoms with Gasteiger partial charge in [-0.3, -0.25) is 0 Å². The molecule has 106 valence electrons. The summed E-state index contributed by atoms with van der Waals surface area (Å²) < 4.78 is 12.2. The third-order valence-corrected chi connectivity index (χ3v) is 4.26. The van der Waals surface area contributed by atoms with Gasteiger partial charge in [-0.05, 0) is 49.9 Å². The van der Waals surface area contributed by atoms with Crippen LogP contribution in [0.25, 0.3) is 0 Å². The summed E-state index contributed by atoms with van der Waals surface area (Å²) in [4.78, 5) is 12.2. The number of rotatable bonds is 2. The first kappa shape index (κ1) is 13.8. The highest BCUT2D eigenvalue weighted by Crippen LogP contribution is 2.34. The van der Waals surface area contributed by atoms with Crippen LogP contribution in [0.4, 0.5) is 0 Å². The molecule has 4 heteroatoms. The maximum absolute atomic E-state index is 12.2. The van der Waals surface area contributed by atoms with E-state index in [0.29, 0.717) is 5.56 Å². The first-order valence-electron chi connectivity index (χ1n) is 7.01. The normalized spacial score (nSPS) is 30.4. The number of halogens is 1. The maximum atomic E-state index is 12.2. The zero-order valence-corrected chi connectivity index (χ0v) is 12.7. The fraction of sp³-hybridized carbons (Fsp3) is 0.438. The monoisotopic (exact) mass is 336 g/mol. The molecular weight excluding hydrogens is 320 g/mol. The fourth-order valence-corrected chi connectivity index (χ4v) is 2.82. The van der Waals surface area contributed by atoms with Gasteiger partial charge in [0, 0.05) is 4.47 Å². The van der Waals surface area contributed by atoms with Gasteiger partial charge in [-0.2, -0.15) is 0 Å². The van der Waals surface area contributed by atoms with Crippen LogP contribution in [0.1, 0.15) is 36.0 Å². The molecule has 1 fully saturated rings. The molecule has 3 rings (SSSR count). The van der Waals surface area contributed by atoms with Gasteiger partial charge < -0.3 is 9.47 Å². The molecule has 20 heavy (non-hydrogen) atoms. The summed E-state index contributed by atoms with van der Waals surface area (Å²) in [6, 6.07) is 7.23. The van der Waals surface area contributed by atoms with E-state index in [9.17, 15) is 4.79 Å². The van der Waals surface area contributed by atoms with E-state index in [1.54, 1.807) is 12.1 Å². The summed E-state index contributed by atoms with van der Waals surface area (Å²) in [6.07, 6.45) is 8.43. The molecule has 1 aliphatic carbocycles. The SMILES string of the molecule is O=C(O[C@@H]1CC/C=C\CC[C@H]2O[C@@H]12)c1ccc(Br)cc1. The van der Waals surface area contributed by atoms with Crippen molar-refractivity contribution < 1.29 is 14.3 Å². The molecule has 0 aromatic heterocycles. The van der Waals surface area contributed by atoms with E-state index in [1.165, 1.54) is 0 Å². The largest absolute Gasteiger partial charge is 0.456 e. The molecule has 0 unspecified atom stereocenters. The number of hydrogen-bond donors (Lipinski definition) is 0. The Morgan fingerprint density at radius 1 is 1.15 bits per heavy atom. The van der Waals surface area contributed by atoms with Crippen molar-refractivity contribution in [3.05, 3.63) is 46.5 Å². The van der Waals surface area contributed by atoms with Crippen LogP contribution in [0, 0.1) is 0 Å². The average Bonchev–Trinajstić information content (AvgIpc) is 3.20. The third-order valence-electron chi connectivity index (χ3n) is 3.73. The number of allylic oxidation sites excluding steroid dienone is 2. The van der Waals surface area contributed by atoms with Crippen molar-refractivity contribution in [1.29, 1.82) is 0 Å². The molecule has 1 aliphatic heterocycles. The average molecular weight is 337 g/mol. The van der Waals surface area contributed by atoms with Crippen molar-refractivity contribution in [2.45, 2.75) is 44.0 Å². The lowest BCUT2D eigenvalue weighted by molar-refractivity contribution is 0.0210. The van der Waals surface area contributed by atoms with Crippen molar-refractivity contribution in [3.63, 3.8) is 0 Å². The number of carbonyl (C=O) groups is 1. The lowest BCUT2D eigenvalue weighted by atomic mass is 10.1. The van der Waals surface area contributed by atoms with Gasteiger partial charge in [-0.15, -0.1) is 0 Å². The highest BCUT2D eigenvalue weighted by atomic mass is 79.9. The minimum Gasteiger partial charge on any atom is -0.456 e. The number of ether oxygens (including phenoxy) is 2. The van der Waals surface area contributed by atoms with Crippen LogP contribution < -0.4 is 0 Å². The van der Waals surface area contributed by atoms with Crippen molar-refractivity contribution in [3.8, 4) is 0 Å². The van der Waals surface area contributed by atoms with E-state index in [1.807, 2.05) is 12.1 Å². The first-order chi connectivity index (χ1) is 9.74. The molecule has 0 N–H and O–H groups in total. The van der Waals surface area contributed by atoms with Crippen LogP contribution in [0.2, 0.25) is 0 Å². The molecular formula is C16H17BrO3. The number of benzene rings is 1. The standard InChI is InChI=1S/C16H17BrO3/c17-12-9-7-11(8-10-12)16(18)20-14-6-4-2-1-3-5-13-15(14)19-13/h1-2,7-10,13-15H,3-6H2/b2-1-/t13-,14-,15-/m1/s1. The van der Waals surface area contributed by atoms with Gasteiger partial charge in [-0.25, -0.2) is 4.79 Å². The quantitative estimate of drug-likeness (QED) is 0.467. The van der Waals surface area contributed by atoms with Gasteiger partial charge in [0.1, 0.15) is 12.2 Å². The van der Waals surface area contributed by atoms with Gasteiger partial charge in [-0.1, -0.05) is 28.1 Å². The Morgan fingerprint density at radius 2 is 1.85 bits per heavy atom. The summed E-state index contributed by atoms with van der Waals surface area (Å²) in [5, 5.41) is 0. The lowest BCUT2D eigenvalue weighted by Gasteiger charge is -2.15. The van der Waals surface area contributed by atoms with E-state index < -0.39 is 0 Å². The second-order valence-corrected chi connectivity index (χ2v) is 6.13. The van der Waals surface area contributed by atoms with Gasteiger partial charge in [0.15, 0.2) is 0 Å². The van der Waals surface area contributed by atoms with Crippen LogP contribution in [0.15, 0.2) is 40.9 Å². The van der Waals surface area contributed by atoms with Crippen LogP contribution in [-0.2, 0) is 9.47 Å². The molecule has 1 heterocycles. The Bertz CT molecular complexity index is 509. The Kier molecular flexibility index (Phi) is 4.22. The van der Waals surface area contributed by atoms with Gasteiger partial charge in [0.2, 0.25) is 0 Å². The molecule has 3 nitrogen and oxygen atoms in total. The topological polar surface area (TPSA) is 38.8 Å². The zero-order valence-electron chi connectivity index (χ0n) is 11.1. The van der Waals surface area contributed by atoms with Gasteiger partial charge in [0.25, 0.3) is 0 Å². The number of esters is 1. The minimum absolute atomic E-state index is 0.0919. The van der Waals surface area contributed by atoms with E-state index >= 15 is 0 Å². The van der Waals surface area contributed by atoms with Crippen LogP contribution >= 0.6 is 15.9 Å². The highest BCUT2D eigenvalue weighted by Gasteiger charge is 2.46. The summed E-state index contributed by atoms with van der Waals surface area (Å²) >= 11 is 3.36. The Morgan fingerprint density at radius 3 is 2.60 bits per heavy atom. The van der Waals surface area contributed by atoms with E-state index in [2.05, 4.69) is 28.1 Å². The van der Waals surface area contributed by atoms with Crippen molar-refractivity contribution >= 4 is 21.9 Å². The van der Waals surface area contributed by atoms with Gasteiger partial charge in [0.05, 0.1) is 11.7 Å². The maximum Gasteiger partial charge on any atom is 0.338 e. The molecule has 0 spiro atoms. The van der Waals surface area contributed by atoms with Crippen LogP contribution in [0.3, 0.4) is 0 Å². The molecule has 0 bridgehead atoms. The summed E-state index contributed by atoms with van der Waals surface area (Å²) in [5.41, 5.74) is 0.584. The first-order valence-corrected chi connectivity index (χ1v) is 7.80. The Hall–Kier alpha value is -1.13. The van der Waals surface area contributed by atoms with Gasteiger partial charge >= 0.3 is 5.97 Å². The predicted octanol–water partition coefficient (Wildman–Crippen LogP) is 3.87. The van der Waals surface area contributed by atoms with E-state index in [0.717, 1.165) is 30.2 Å². The second kappa shape index (κ2) is 6.10. The Labute approximate surface area is 127 Å². The molecule has 3 atom stereocenters. The number of fused-ring (bicyclic) bond motifs is 1. The molecule has 1 saturated heterocycles. The number of hydrogen-bond acceptors (Lipinski definition) is 3. The zero-order chi connectivity index (χ0) is 13.9. The molecule has 2 aliphatic rings. The molecule has 0 amide bonds. The summed E-state index contributed by atoms with van der Waals surface area (Å²) in [6.45, 7) is 0. The van der Waals surface area contributed by atoms with Crippen molar-refractivity contribution in [2.75, 3.05) is 0 Å². The molecule has 1 aromatic rings. The fourth-order valence-electron chi connectivity index (χ4n) is 2.55. The second-order valence-electron chi connectivity index (χ2n) is 5.22. The minimum atomic E-state index is -0.264. The molecule has 1 aromatic carbocycles. The smallest absolute Gasteiger partial charge is 0.338 e. The summed E-state index contributed by atoms with van der Waals surface area (Å²) in [5.74, 6) is -0.264. The Balaban J connectivity index is 1.65.